The summed E-state index contributed by atoms with van der Waals surface area (Å²) in [5, 5.41) is 14.0. The van der Waals surface area contributed by atoms with Gasteiger partial charge in [-0.2, -0.15) is 0 Å². The quantitative estimate of drug-likeness (QED) is 0.627. The Morgan fingerprint density at radius 1 is 1.24 bits per heavy atom. The van der Waals surface area contributed by atoms with Crippen molar-refractivity contribution >= 4 is 11.4 Å². The van der Waals surface area contributed by atoms with Crippen molar-refractivity contribution in [2.24, 2.45) is 0 Å². The number of nitrogens with zero attached hydrogens (tertiary/aromatic N) is 2. The van der Waals surface area contributed by atoms with Crippen molar-refractivity contribution in [3.05, 3.63) is 34.4 Å². The maximum Gasteiger partial charge on any atom is 0.269 e. The number of nitro groups is 1. The predicted molar refractivity (Wildman–Crippen MR) is 67.4 cm³/mol. The number of hydrogen-bond acceptors (Lipinski definition) is 4. The van der Waals surface area contributed by atoms with Crippen LogP contribution < -0.4 is 10.2 Å². The van der Waals surface area contributed by atoms with Gasteiger partial charge in [-0.25, -0.2) is 0 Å². The molecule has 0 bridgehead atoms. The zero-order valence-corrected chi connectivity index (χ0v) is 10.1. The molecule has 1 aromatic carbocycles. The minimum absolute atomic E-state index is 0.143. The Kier molecular flexibility index (Phi) is 3.28. The first-order valence-corrected chi connectivity index (χ1v) is 5.83. The van der Waals surface area contributed by atoms with Gasteiger partial charge in [-0.05, 0) is 26.0 Å². The maximum atomic E-state index is 10.6. The molecule has 1 aliphatic rings. The Labute approximate surface area is 101 Å². The minimum Gasteiger partial charge on any atom is -0.364 e. The molecular formula is C12H17N3O2. The highest BCUT2D eigenvalue weighted by molar-refractivity contribution is 5.52. The molecule has 0 aromatic heterocycles. The summed E-state index contributed by atoms with van der Waals surface area (Å²) in [6.07, 6.45) is 0. The van der Waals surface area contributed by atoms with Gasteiger partial charge in [0.2, 0.25) is 0 Å². The van der Waals surface area contributed by atoms with E-state index in [0.29, 0.717) is 12.1 Å². The fourth-order valence-electron chi connectivity index (χ4n) is 2.39. The van der Waals surface area contributed by atoms with E-state index in [-0.39, 0.29) is 10.6 Å². The number of benzene rings is 1. The molecule has 1 heterocycles. The Balaban J connectivity index is 2.23. The molecular weight excluding hydrogens is 218 g/mol. The fourth-order valence-corrected chi connectivity index (χ4v) is 2.39. The van der Waals surface area contributed by atoms with E-state index in [1.165, 1.54) is 0 Å². The van der Waals surface area contributed by atoms with Gasteiger partial charge in [-0.15, -0.1) is 0 Å². The van der Waals surface area contributed by atoms with Gasteiger partial charge in [-0.3, -0.25) is 10.1 Å². The first-order chi connectivity index (χ1) is 8.09. The second kappa shape index (κ2) is 4.71. The molecule has 0 spiro atoms. The number of piperazine rings is 1. The summed E-state index contributed by atoms with van der Waals surface area (Å²) in [6, 6.07) is 7.60. The molecule has 0 saturated carbocycles. The van der Waals surface area contributed by atoms with Crippen LogP contribution in [-0.2, 0) is 0 Å². The predicted octanol–water partition coefficient (Wildman–Crippen LogP) is 1.78. The molecule has 2 rings (SSSR count). The lowest BCUT2D eigenvalue weighted by Gasteiger charge is -2.41. The van der Waals surface area contributed by atoms with Gasteiger partial charge in [0.15, 0.2) is 0 Å². The average molecular weight is 235 g/mol. The van der Waals surface area contributed by atoms with Crippen LogP contribution in [0.2, 0.25) is 0 Å². The molecule has 2 unspecified atom stereocenters. The third-order valence-electron chi connectivity index (χ3n) is 3.19. The lowest BCUT2D eigenvalue weighted by molar-refractivity contribution is -0.384. The molecule has 92 valence electrons. The molecule has 0 radical (unpaired) electrons. The van der Waals surface area contributed by atoms with E-state index in [1.54, 1.807) is 12.1 Å². The standard InChI is InChI=1S/C12H17N3O2/c1-9-7-13-8-10(2)14(9)11-3-5-12(6-4-11)15(16)17/h3-6,9-10,13H,7-8H2,1-2H3. The van der Waals surface area contributed by atoms with E-state index in [9.17, 15) is 10.1 Å². The van der Waals surface area contributed by atoms with Gasteiger partial charge in [0.1, 0.15) is 0 Å². The number of rotatable bonds is 2. The van der Waals surface area contributed by atoms with Gasteiger partial charge < -0.3 is 10.2 Å². The van der Waals surface area contributed by atoms with Gasteiger partial charge in [-0.1, -0.05) is 0 Å². The second-order valence-electron chi connectivity index (χ2n) is 4.54. The third-order valence-corrected chi connectivity index (χ3v) is 3.19. The van der Waals surface area contributed by atoms with Crippen LogP contribution in [0.5, 0.6) is 0 Å². The summed E-state index contributed by atoms with van der Waals surface area (Å²) < 4.78 is 0. The molecule has 1 aromatic rings. The normalized spacial score (nSPS) is 24.7. The van der Waals surface area contributed by atoms with Gasteiger partial charge in [0.05, 0.1) is 4.92 Å². The highest BCUT2D eigenvalue weighted by Crippen LogP contribution is 2.24. The summed E-state index contributed by atoms with van der Waals surface area (Å²) in [4.78, 5) is 12.5. The zero-order valence-electron chi connectivity index (χ0n) is 10.1. The Bertz CT molecular complexity index is 395. The van der Waals surface area contributed by atoms with Crippen LogP contribution >= 0.6 is 0 Å². The lowest BCUT2D eigenvalue weighted by atomic mass is 10.1. The SMILES string of the molecule is CC1CNCC(C)N1c1ccc([N+](=O)[O-])cc1. The van der Waals surface area contributed by atoms with E-state index in [4.69, 9.17) is 0 Å². The van der Waals surface area contributed by atoms with E-state index in [0.717, 1.165) is 18.8 Å². The van der Waals surface area contributed by atoms with Crippen molar-refractivity contribution in [2.75, 3.05) is 18.0 Å². The third kappa shape index (κ3) is 2.39. The van der Waals surface area contributed by atoms with Crippen LogP contribution in [0.1, 0.15) is 13.8 Å². The summed E-state index contributed by atoms with van der Waals surface area (Å²) >= 11 is 0. The number of hydrogen-bond donors (Lipinski definition) is 1. The van der Waals surface area contributed by atoms with Gasteiger partial charge in [0, 0.05) is 43.0 Å². The molecule has 0 amide bonds. The molecule has 1 fully saturated rings. The van der Waals surface area contributed by atoms with Crippen molar-refractivity contribution in [3.8, 4) is 0 Å². The van der Waals surface area contributed by atoms with E-state index >= 15 is 0 Å². The Morgan fingerprint density at radius 3 is 2.24 bits per heavy atom. The zero-order chi connectivity index (χ0) is 12.4. The lowest BCUT2D eigenvalue weighted by Crippen LogP contribution is -2.55. The van der Waals surface area contributed by atoms with Crippen molar-refractivity contribution in [3.63, 3.8) is 0 Å². The summed E-state index contributed by atoms with van der Waals surface area (Å²) in [7, 11) is 0. The molecule has 1 saturated heterocycles. The molecule has 2 atom stereocenters. The van der Waals surface area contributed by atoms with E-state index < -0.39 is 0 Å². The number of anilines is 1. The fraction of sp³-hybridized carbons (Fsp3) is 0.500. The van der Waals surface area contributed by atoms with Crippen LogP contribution in [0.3, 0.4) is 0 Å². The Morgan fingerprint density at radius 2 is 1.76 bits per heavy atom. The molecule has 5 heteroatoms. The first-order valence-electron chi connectivity index (χ1n) is 5.83. The van der Waals surface area contributed by atoms with E-state index in [2.05, 4.69) is 24.1 Å². The van der Waals surface area contributed by atoms with Crippen molar-refractivity contribution in [2.45, 2.75) is 25.9 Å². The monoisotopic (exact) mass is 235 g/mol. The second-order valence-corrected chi connectivity index (χ2v) is 4.54. The Hall–Kier alpha value is -1.62. The number of non-ortho nitro benzene ring substituents is 1. The van der Waals surface area contributed by atoms with E-state index in [1.807, 2.05) is 12.1 Å². The topological polar surface area (TPSA) is 58.4 Å². The molecule has 5 nitrogen and oxygen atoms in total. The molecule has 17 heavy (non-hydrogen) atoms. The average Bonchev–Trinajstić information content (AvgIpc) is 2.29. The van der Waals surface area contributed by atoms with Crippen LogP contribution in [0, 0.1) is 10.1 Å². The molecule has 1 N–H and O–H groups in total. The highest BCUT2D eigenvalue weighted by atomic mass is 16.6. The minimum atomic E-state index is -0.367. The summed E-state index contributed by atoms with van der Waals surface area (Å²) in [6.45, 7) is 6.21. The van der Waals surface area contributed by atoms with Crippen LogP contribution in [0.4, 0.5) is 11.4 Å². The van der Waals surface area contributed by atoms with Crippen molar-refractivity contribution in [1.82, 2.24) is 5.32 Å². The number of nitrogens with one attached hydrogen (secondary N) is 1. The van der Waals surface area contributed by atoms with Crippen molar-refractivity contribution in [1.29, 1.82) is 0 Å². The van der Waals surface area contributed by atoms with Crippen LogP contribution in [0.25, 0.3) is 0 Å². The van der Waals surface area contributed by atoms with Crippen LogP contribution in [-0.4, -0.2) is 30.1 Å². The smallest absolute Gasteiger partial charge is 0.269 e. The summed E-state index contributed by atoms with van der Waals surface area (Å²) in [5.74, 6) is 0. The molecule has 1 aliphatic heterocycles. The largest absolute Gasteiger partial charge is 0.364 e. The maximum absolute atomic E-state index is 10.6. The molecule has 0 aliphatic carbocycles. The van der Waals surface area contributed by atoms with Gasteiger partial charge >= 0.3 is 0 Å². The van der Waals surface area contributed by atoms with Crippen molar-refractivity contribution < 1.29 is 4.92 Å². The first kappa shape index (κ1) is 11.9. The van der Waals surface area contributed by atoms with Crippen LogP contribution in [0.15, 0.2) is 24.3 Å². The highest BCUT2D eigenvalue weighted by Gasteiger charge is 2.24. The summed E-state index contributed by atoms with van der Waals surface area (Å²) in [5.41, 5.74) is 1.20. The number of nitro benzene ring substituents is 1. The van der Waals surface area contributed by atoms with Gasteiger partial charge in [0.25, 0.3) is 5.69 Å².